The van der Waals surface area contributed by atoms with Gasteiger partial charge >= 0.3 is 5.97 Å². The SMILES string of the molecule is CCC[C@H]1CC[C@H]([C@H]2CC[C@H](c3ccc(OC(=O)c4ccc(C#N)cc4)cc3)CC2)CC1. The molecule has 0 radical (unpaired) electrons. The van der Waals surface area contributed by atoms with Crippen molar-refractivity contribution < 1.29 is 9.53 Å². The number of hydrogen-bond donors (Lipinski definition) is 0. The second-order valence-electron chi connectivity index (χ2n) is 9.83. The number of nitrogens with zero attached hydrogens (tertiary/aromatic N) is 1. The summed E-state index contributed by atoms with van der Waals surface area (Å²) in [6.45, 7) is 2.32. The second-order valence-corrected chi connectivity index (χ2v) is 9.83. The first-order valence-corrected chi connectivity index (χ1v) is 12.5. The van der Waals surface area contributed by atoms with Gasteiger partial charge in [-0.2, -0.15) is 5.26 Å². The predicted octanol–water partition coefficient (Wildman–Crippen LogP) is 7.66. The number of benzene rings is 2. The Hall–Kier alpha value is -2.60. The number of esters is 1. The Bertz CT molecular complexity index is 909. The van der Waals surface area contributed by atoms with Crippen molar-refractivity contribution in [2.24, 2.45) is 17.8 Å². The van der Waals surface area contributed by atoms with E-state index in [1.54, 1.807) is 24.3 Å². The summed E-state index contributed by atoms with van der Waals surface area (Å²) in [5, 5.41) is 8.88. The van der Waals surface area contributed by atoms with Gasteiger partial charge in [0, 0.05) is 0 Å². The minimum Gasteiger partial charge on any atom is -0.423 e. The molecule has 2 aromatic carbocycles. The van der Waals surface area contributed by atoms with Crippen LogP contribution in [0.2, 0.25) is 0 Å². The lowest BCUT2D eigenvalue weighted by Crippen LogP contribution is -2.25. The largest absolute Gasteiger partial charge is 0.423 e. The Balaban J connectivity index is 1.26. The van der Waals surface area contributed by atoms with Gasteiger partial charge in [-0.05, 0) is 104 Å². The highest BCUT2D eigenvalue weighted by molar-refractivity contribution is 5.91. The maximum atomic E-state index is 12.3. The van der Waals surface area contributed by atoms with Crippen molar-refractivity contribution in [1.29, 1.82) is 5.26 Å². The Labute approximate surface area is 192 Å². The Morgan fingerprint density at radius 2 is 1.47 bits per heavy atom. The minimum absolute atomic E-state index is 0.392. The highest BCUT2D eigenvalue weighted by Crippen LogP contribution is 2.44. The number of hydrogen-bond acceptors (Lipinski definition) is 3. The van der Waals surface area contributed by atoms with Crippen LogP contribution in [0.25, 0.3) is 0 Å². The number of ether oxygens (including phenoxy) is 1. The zero-order valence-corrected chi connectivity index (χ0v) is 19.3. The van der Waals surface area contributed by atoms with Crippen molar-refractivity contribution in [1.82, 2.24) is 0 Å². The van der Waals surface area contributed by atoms with E-state index in [0.29, 0.717) is 22.8 Å². The summed E-state index contributed by atoms with van der Waals surface area (Å²) in [7, 11) is 0. The van der Waals surface area contributed by atoms with Crippen molar-refractivity contribution in [3.8, 4) is 11.8 Å². The molecule has 0 spiro atoms. The van der Waals surface area contributed by atoms with Crippen molar-refractivity contribution in [3.05, 3.63) is 65.2 Å². The molecular weight excluding hydrogens is 394 g/mol. The summed E-state index contributed by atoms with van der Waals surface area (Å²) >= 11 is 0. The van der Waals surface area contributed by atoms with Gasteiger partial charge in [0.25, 0.3) is 0 Å². The second kappa shape index (κ2) is 10.8. The average Bonchev–Trinajstić information content (AvgIpc) is 2.85. The van der Waals surface area contributed by atoms with Crippen molar-refractivity contribution in [3.63, 3.8) is 0 Å². The summed E-state index contributed by atoms with van der Waals surface area (Å²) in [4.78, 5) is 12.3. The monoisotopic (exact) mass is 429 g/mol. The molecule has 2 aromatic rings. The van der Waals surface area contributed by atoms with E-state index < -0.39 is 5.97 Å². The molecule has 0 heterocycles. The molecule has 3 nitrogen and oxygen atoms in total. The molecule has 0 aliphatic heterocycles. The van der Waals surface area contributed by atoms with Gasteiger partial charge in [-0.1, -0.05) is 44.7 Å². The van der Waals surface area contributed by atoms with Crippen LogP contribution < -0.4 is 4.74 Å². The molecule has 168 valence electrons. The predicted molar refractivity (Wildman–Crippen MR) is 128 cm³/mol. The van der Waals surface area contributed by atoms with E-state index >= 15 is 0 Å². The summed E-state index contributed by atoms with van der Waals surface area (Å²) in [6, 6.07) is 16.7. The van der Waals surface area contributed by atoms with Crippen LogP contribution in [0.5, 0.6) is 5.75 Å². The lowest BCUT2D eigenvalue weighted by atomic mass is 9.68. The molecular formula is C29H35NO2. The summed E-state index contributed by atoms with van der Waals surface area (Å²) < 4.78 is 5.52. The van der Waals surface area contributed by atoms with Gasteiger partial charge in [-0.15, -0.1) is 0 Å². The number of nitriles is 1. The average molecular weight is 430 g/mol. The van der Waals surface area contributed by atoms with Gasteiger partial charge in [0.15, 0.2) is 0 Å². The Morgan fingerprint density at radius 1 is 0.875 bits per heavy atom. The van der Waals surface area contributed by atoms with E-state index in [-0.39, 0.29) is 0 Å². The highest BCUT2D eigenvalue weighted by Gasteiger charge is 2.31. The lowest BCUT2D eigenvalue weighted by Gasteiger charge is -2.38. The van der Waals surface area contributed by atoms with Crippen molar-refractivity contribution >= 4 is 5.97 Å². The minimum atomic E-state index is -0.392. The molecule has 0 N–H and O–H groups in total. The number of carbonyl (C=O) groups is 1. The van der Waals surface area contributed by atoms with E-state index in [1.165, 1.54) is 69.8 Å². The number of carbonyl (C=O) groups excluding carboxylic acids is 1. The first-order chi connectivity index (χ1) is 15.7. The first kappa shape index (κ1) is 22.6. The molecule has 3 heteroatoms. The summed E-state index contributed by atoms with van der Waals surface area (Å²) in [6.07, 6.45) is 13.9. The lowest BCUT2D eigenvalue weighted by molar-refractivity contribution is 0.0734. The van der Waals surface area contributed by atoms with Gasteiger partial charge in [-0.3, -0.25) is 0 Å². The fourth-order valence-corrected chi connectivity index (χ4v) is 5.94. The van der Waals surface area contributed by atoms with E-state index in [0.717, 1.165) is 17.8 Å². The molecule has 32 heavy (non-hydrogen) atoms. The summed E-state index contributed by atoms with van der Waals surface area (Å²) in [5.41, 5.74) is 2.35. The van der Waals surface area contributed by atoms with Crippen molar-refractivity contribution in [2.75, 3.05) is 0 Å². The third kappa shape index (κ3) is 5.60. The van der Waals surface area contributed by atoms with Crippen LogP contribution in [-0.4, -0.2) is 5.97 Å². The third-order valence-corrected chi connectivity index (χ3v) is 7.84. The zero-order chi connectivity index (χ0) is 22.3. The standard InChI is InChI=1S/C29H35NO2/c1-2-3-21-4-8-23(9-5-21)24-12-14-25(15-13-24)26-16-18-28(19-17-26)32-29(31)27-10-6-22(20-30)7-11-27/h6-7,10-11,16-19,21,23-25H,2-5,8-9,12-15H2,1H3/t21-,23-,24-,25-. The molecule has 0 saturated heterocycles. The van der Waals surface area contributed by atoms with Crippen LogP contribution in [0.3, 0.4) is 0 Å². The Morgan fingerprint density at radius 3 is 2.03 bits per heavy atom. The van der Waals surface area contributed by atoms with Crippen LogP contribution in [0.15, 0.2) is 48.5 Å². The van der Waals surface area contributed by atoms with Gasteiger partial charge in [-0.25, -0.2) is 4.79 Å². The normalized spacial score (nSPS) is 25.6. The van der Waals surface area contributed by atoms with E-state index in [1.807, 2.05) is 12.1 Å². The zero-order valence-electron chi connectivity index (χ0n) is 19.3. The smallest absolute Gasteiger partial charge is 0.343 e. The van der Waals surface area contributed by atoms with Gasteiger partial charge in [0.2, 0.25) is 0 Å². The maximum absolute atomic E-state index is 12.3. The molecule has 2 saturated carbocycles. The number of rotatable bonds is 6. The highest BCUT2D eigenvalue weighted by atomic mass is 16.5. The quantitative estimate of drug-likeness (QED) is 0.350. The fraction of sp³-hybridized carbons (Fsp3) is 0.517. The fourth-order valence-electron chi connectivity index (χ4n) is 5.94. The van der Waals surface area contributed by atoms with Crippen LogP contribution in [-0.2, 0) is 0 Å². The molecule has 2 aliphatic rings. The molecule has 0 bridgehead atoms. The third-order valence-electron chi connectivity index (χ3n) is 7.84. The van der Waals surface area contributed by atoms with E-state index in [9.17, 15) is 4.79 Å². The maximum Gasteiger partial charge on any atom is 0.343 e. The molecule has 0 unspecified atom stereocenters. The van der Waals surface area contributed by atoms with Crippen LogP contribution >= 0.6 is 0 Å². The van der Waals surface area contributed by atoms with Gasteiger partial charge in [0.1, 0.15) is 5.75 Å². The Kier molecular flexibility index (Phi) is 7.63. The molecule has 0 aromatic heterocycles. The van der Waals surface area contributed by atoms with Crippen LogP contribution in [0.4, 0.5) is 0 Å². The molecule has 0 amide bonds. The van der Waals surface area contributed by atoms with Gasteiger partial charge in [0.05, 0.1) is 17.2 Å². The summed E-state index contributed by atoms with van der Waals surface area (Å²) in [5.74, 6) is 3.70. The molecule has 2 aliphatic carbocycles. The molecule has 2 fully saturated rings. The first-order valence-electron chi connectivity index (χ1n) is 12.5. The van der Waals surface area contributed by atoms with Gasteiger partial charge < -0.3 is 4.74 Å². The topological polar surface area (TPSA) is 50.1 Å². The van der Waals surface area contributed by atoms with E-state index in [4.69, 9.17) is 10.00 Å². The van der Waals surface area contributed by atoms with Crippen LogP contribution in [0, 0.1) is 29.1 Å². The van der Waals surface area contributed by atoms with Crippen molar-refractivity contribution in [2.45, 2.75) is 77.0 Å². The van der Waals surface area contributed by atoms with E-state index in [2.05, 4.69) is 25.1 Å². The molecule has 0 atom stereocenters. The van der Waals surface area contributed by atoms with Crippen LogP contribution in [0.1, 0.15) is 98.5 Å². The molecule has 4 rings (SSSR count).